The Morgan fingerprint density at radius 1 is 1.03 bits per heavy atom. The van der Waals surface area contributed by atoms with E-state index in [1.54, 1.807) is 30.3 Å². The second kappa shape index (κ2) is 13.2. The fraction of sp³-hybridized carbons (Fsp3) is 0.269. The summed E-state index contributed by atoms with van der Waals surface area (Å²) in [4.78, 5) is 11.4. The molecule has 34 heavy (non-hydrogen) atoms. The third-order valence-electron chi connectivity index (χ3n) is 4.88. The molecular formula is C26H29Cl2NO5. The van der Waals surface area contributed by atoms with Crippen LogP contribution >= 0.6 is 24.0 Å². The van der Waals surface area contributed by atoms with Crippen molar-refractivity contribution in [3.63, 3.8) is 0 Å². The van der Waals surface area contributed by atoms with Gasteiger partial charge in [0.15, 0.2) is 0 Å². The molecular weight excluding hydrogens is 477 g/mol. The molecule has 3 N–H and O–H groups in total. The maximum atomic E-state index is 11.4. The van der Waals surface area contributed by atoms with Crippen LogP contribution in [0.5, 0.6) is 11.5 Å². The fourth-order valence-corrected chi connectivity index (χ4v) is 3.48. The summed E-state index contributed by atoms with van der Waals surface area (Å²) in [6.45, 7) is 5.14. The average Bonchev–Trinajstić information content (AvgIpc) is 2.78. The van der Waals surface area contributed by atoms with Gasteiger partial charge in [-0.2, -0.15) is 0 Å². The maximum absolute atomic E-state index is 11.4. The number of hydrogen-bond donors (Lipinski definition) is 3. The van der Waals surface area contributed by atoms with Crippen molar-refractivity contribution < 1.29 is 24.5 Å². The minimum absolute atomic E-state index is 0. The second-order valence-electron chi connectivity index (χ2n) is 7.83. The van der Waals surface area contributed by atoms with Gasteiger partial charge in [0.25, 0.3) is 0 Å². The van der Waals surface area contributed by atoms with Crippen LogP contribution < -0.4 is 14.8 Å². The molecule has 0 aliphatic carbocycles. The average molecular weight is 506 g/mol. The number of nitrogens with one attached hydrogen (secondary N) is 1. The van der Waals surface area contributed by atoms with Crippen molar-refractivity contribution >= 4 is 30.0 Å². The summed E-state index contributed by atoms with van der Waals surface area (Å²) in [6.07, 6.45) is -0.769. The van der Waals surface area contributed by atoms with Gasteiger partial charge in [0, 0.05) is 18.1 Å². The Labute approximate surface area is 210 Å². The summed E-state index contributed by atoms with van der Waals surface area (Å²) in [5.41, 5.74) is 2.69. The Hall–Kier alpha value is -2.77. The molecule has 8 heteroatoms. The Morgan fingerprint density at radius 2 is 1.74 bits per heavy atom. The number of carboxylic acid groups (broad SMARTS) is 1. The summed E-state index contributed by atoms with van der Waals surface area (Å²) in [5, 5.41) is 23.4. The quantitative estimate of drug-likeness (QED) is 0.293. The molecule has 0 heterocycles. The molecule has 0 saturated carbocycles. The first kappa shape index (κ1) is 27.5. The summed E-state index contributed by atoms with van der Waals surface area (Å²) >= 11 is 5.96. The number of carbonyl (C=O) groups is 1. The van der Waals surface area contributed by atoms with E-state index in [-0.39, 0.29) is 24.1 Å². The van der Waals surface area contributed by atoms with E-state index in [4.69, 9.17) is 21.1 Å². The molecule has 0 bridgehead atoms. The molecule has 3 rings (SSSR count). The zero-order valence-corrected chi connectivity index (χ0v) is 20.6. The maximum Gasteiger partial charge on any atom is 0.339 e. The van der Waals surface area contributed by atoms with Crippen LogP contribution in [-0.4, -0.2) is 42.0 Å². The molecule has 3 aromatic rings. The van der Waals surface area contributed by atoms with Crippen LogP contribution in [0, 0.1) is 0 Å². The highest BCUT2D eigenvalue weighted by Gasteiger charge is 2.14. The van der Waals surface area contributed by atoms with E-state index in [1.165, 1.54) is 0 Å². The van der Waals surface area contributed by atoms with Crippen LogP contribution in [0.4, 0.5) is 0 Å². The van der Waals surface area contributed by atoms with Gasteiger partial charge < -0.3 is 25.0 Å². The smallest absolute Gasteiger partial charge is 0.339 e. The summed E-state index contributed by atoms with van der Waals surface area (Å²) < 4.78 is 11.4. The van der Waals surface area contributed by atoms with E-state index in [9.17, 15) is 15.0 Å². The lowest BCUT2D eigenvalue weighted by atomic mass is 10.0. The molecule has 0 amide bonds. The summed E-state index contributed by atoms with van der Waals surface area (Å²) in [5.74, 6) is 0.0488. The third-order valence-corrected chi connectivity index (χ3v) is 5.12. The first-order valence-electron chi connectivity index (χ1n) is 10.7. The Kier molecular flexibility index (Phi) is 10.7. The first-order chi connectivity index (χ1) is 15.8. The third kappa shape index (κ3) is 7.92. The number of carboxylic acids is 1. The number of ether oxygens (including phenoxy) is 2. The molecule has 1 atom stereocenters. The molecule has 182 valence electrons. The van der Waals surface area contributed by atoms with Gasteiger partial charge in [-0.15, -0.1) is 12.4 Å². The van der Waals surface area contributed by atoms with Crippen molar-refractivity contribution in [2.75, 3.05) is 19.7 Å². The zero-order valence-electron chi connectivity index (χ0n) is 19.0. The molecule has 0 saturated heterocycles. The standard InChI is InChI=1S/C26H28ClNO5.ClH/c1-17(2)33-25-15-19(8-11-23(25)26(30)31)18-6-9-22(10-7-18)32-13-12-28-16-24(29)20-4-3-5-21(27)14-20;/h3-11,14-15,17,24,28-29H,12-13,16H2,1-2H3,(H,30,31);1H/t24-;/m1./s1. The van der Waals surface area contributed by atoms with E-state index in [0.29, 0.717) is 30.5 Å². The number of benzene rings is 3. The number of aliphatic hydroxyl groups is 1. The number of hydrogen-bond acceptors (Lipinski definition) is 5. The van der Waals surface area contributed by atoms with Gasteiger partial charge in [0.1, 0.15) is 23.7 Å². The van der Waals surface area contributed by atoms with Crippen LogP contribution in [0.1, 0.15) is 35.9 Å². The predicted molar refractivity (Wildman–Crippen MR) is 137 cm³/mol. The molecule has 0 aliphatic rings. The van der Waals surface area contributed by atoms with E-state index < -0.39 is 12.1 Å². The molecule has 0 aliphatic heterocycles. The van der Waals surface area contributed by atoms with E-state index in [0.717, 1.165) is 22.4 Å². The Balaban J connectivity index is 0.00000408. The Bertz CT molecular complexity index is 1070. The minimum atomic E-state index is -1.02. The SMILES string of the molecule is CC(C)Oc1cc(-c2ccc(OCCNC[C@@H](O)c3cccc(Cl)c3)cc2)ccc1C(=O)O.Cl. The molecule has 0 spiro atoms. The van der Waals surface area contributed by atoms with Crippen molar-refractivity contribution in [2.45, 2.75) is 26.1 Å². The highest BCUT2D eigenvalue weighted by Crippen LogP contribution is 2.29. The molecule has 0 unspecified atom stereocenters. The van der Waals surface area contributed by atoms with Crippen molar-refractivity contribution in [3.05, 3.63) is 82.9 Å². The topological polar surface area (TPSA) is 88.0 Å². The van der Waals surface area contributed by atoms with Crippen molar-refractivity contribution in [2.24, 2.45) is 0 Å². The lowest BCUT2D eigenvalue weighted by molar-refractivity contribution is 0.0690. The molecule has 0 fully saturated rings. The number of aliphatic hydroxyl groups excluding tert-OH is 1. The Morgan fingerprint density at radius 3 is 2.38 bits per heavy atom. The monoisotopic (exact) mass is 505 g/mol. The molecule has 6 nitrogen and oxygen atoms in total. The van der Waals surface area contributed by atoms with Gasteiger partial charge >= 0.3 is 5.97 Å². The number of halogens is 2. The van der Waals surface area contributed by atoms with Crippen LogP contribution in [-0.2, 0) is 0 Å². The van der Waals surface area contributed by atoms with Crippen molar-refractivity contribution in [3.8, 4) is 22.6 Å². The van der Waals surface area contributed by atoms with Gasteiger partial charge in [0.05, 0.1) is 12.2 Å². The van der Waals surface area contributed by atoms with Gasteiger partial charge in [0.2, 0.25) is 0 Å². The molecule has 0 aromatic heterocycles. The lowest BCUT2D eigenvalue weighted by Gasteiger charge is -2.14. The van der Waals surface area contributed by atoms with E-state index >= 15 is 0 Å². The highest BCUT2D eigenvalue weighted by atomic mass is 35.5. The van der Waals surface area contributed by atoms with Gasteiger partial charge in [-0.25, -0.2) is 4.79 Å². The van der Waals surface area contributed by atoms with Crippen molar-refractivity contribution in [1.29, 1.82) is 0 Å². The predicted octanol–water partition coefficient (Wildman–Crippen LogP) is 5.62. The van der Waals surface area contributed by atoms with Crippen LogP contribution in [0.2, 0.25) is 5.02 Å². The van der Waals surface area contributed by atoms with Crippen LogP contribution in [0.15, 0.2) is 66.7 Å². The van der Waals surface area contributed by atoms with Gasteiger partial charge in [-0.05, 0) is 66.9 Å². The van der Waals surface area contributed by atoms with E-state index in [1.807, 2.05) is 50.2 Å². The first-order valence-corrected chi connectivity index (χ1v) is 11.1. The van der Waals surface area contributed by atoms with Crippen LogP contribution in [0.25, 0.3) is 11.1 Å². The summed E-state index contributed by atoms with van der Waals surface area (Å²) in [7, 11) is 0. The van der Waals surface area contributed by atoms with Crippen LogP contribution in [0.3, 0.4) is 0 Å². The van der Waals surface area contributed by atoms with Gasteiger partial charge in [-0.3, -0.25) is 0 Å². The van der Waals surface area contributed by atoms with E-state index in [2.05, 4.69) is 5.32 Å². The normalized spacial score (nSPS) is 11.6. The number of aromatic carboxylic acids is 1. The zero-order chi connectivity index (χ0) is 23.8. The lowest BCUT2D eigenvalue weighted by Crippen LogP contribution is -2.26. The summed E-state index contributed by atoms with van der Waals surface area (Å²) in [6, 6.07) is 19.8. The largest absolute Gasteiger partial charge is 0.492 e. The minimum Gasteiger partial charge on any atom is -0.492 e. The van der Waals surface area contributed by atoms with Crippen molar-refractivity contribution in [1.82, 2.24) is 5.32 Å². The highest BCUT2D eigenvalue weighted by molar-refractivity contribution is 6.30. The number of rotatable bonds is 11. The fourth-order valence-electron chi connectivity index (χ4n) is 3.29. The van der Waals surface area contributed by atoms with Gasteiger partial charge in [-0.1, -0.05) is 41.9 Å². The second-order valence-corrected chi connectivity index (χ2v) is 8.27. The molecule has 0 radical (unpaired) electrons. The molecule has 3 aromatic carbocycles.